The van der Waals surface area contributed by atoms with Crippen molar-refractivity contribution in [2.45, 2.75) is 52.0 Å². The molecule has 4 nitrogen and oxygen atoms in total. The molecule has 1 heterocycles. The maximum atomic E-state index is 11.8. The van der Waals surface area contributed by atoms with Gasteiger partial charge in [-0.2, -0.15) is 0 Å². The molecule has 4 heteroatoms. The Labute approximate surface area is 111 Å². The molecule has 1 saturated heterocycles. The Morgan fingerprint density at radius 1 is 1.44 bits per heavy atom. The molecule has 0 aromatic heterocycles. The summed E-state index contributed by atoms with van der Waals surface area (Å²) in [5, 5.41) is 3.14. The molecular weight excluding hydrogens is 226 g/mol. The van der Waals surface area contributed by atoms with Crippen LogP contribution in [0.25, 0.3) is 0 Å². The van der Waals surface area contributed by atoms with Crippen LogP contribution in [0.3, 0.4) is 0 Å². The zero-order valence-electron chi connectivity index (χ0n) is 12.0. The lowest BCUT2D eigenvalue weighted by Crippen LogP contribution is -2.45. The lowest BCUT2D eigenvalue weighted by molar-refractivity contribution is -0.122. The first-order valence-electron chi connectivity index (χ1n) is 7.37. The molecule has 1 aliphatic rings. The normalized spacial score (nSPS) is 19.7. The number of carbonyl (C=O) groups is 1. The molecule has 0 spiro atoms. The van der Waals surface area contributed by atoms with E-state index >= 15 is 0 Å². The molecule has 1 atom stereocenters. The lowest BCUT2D eigenvalue weighted by atomic mass is 10.0. The topological polar surface area (TPSA) is 58.4 Å². The maximum absolute atomic E-state index is 11.8. The minimum atomic E-state index is 0.167. The van der Waals surface area contributed by atoms with E-state index in [1.165, 1.54) is 19.4 Å². The van der Waals surface area contributed by atoms with Crippen molar-refractivity contribution in [3.8, 4) is 0 Å². The van der Waals surface area contributed by atoms with Gasteiger partial charge in [0.25, 0.3) is 0 Å². The summed E-state index contributed by atoms with van der Waals surface area (Å²) >= 11 is 0. The number of nitrogens with one attached hydrogen (secondary N) is 1. The number of carbonyl (C=O) groups excluding carboxylic acids is 1. The summed E-state index contributed by atoms with van der Waals surface area (Å²) in [5.41, 5.74) is 5.53. The molecule has 0 aliphatic carbocycles. The van der Waals surface area contributed by atoms with Crippen LogP contribution in [0.5, 0.6) is 0 Å². The van der Waals surface area contributed by atoms with E-state index in [2.05, 4.69) is 17.1 Å². The summed E-state index contributed by atoms with van der Waals surface area (Å²) in [6.45, 7) is 8.29. The number of nitrogens with zero attached hydrogens (tertiary/aromatic N) is 1. The van der Waals surface area contributed by atoms with Gasteiger partial charge in [-0.05, 0) is 38.3 Å². The minimum absolute atomic E-state index is 0.167. The van der Waals surface area contributed by atoms with Crippen molar-refractivity contribution in [3.05, 3.63) is 0 Å². The molecule has 0 saturated carbocycles. The number of piperidine rings is 1. The SMILES string of the molecule is CCCCN1CCC(NC(=O)CC(C)CN)CC1. The van der Waals surface area contributed by atoms with Crippen molar-refractivity contribution in [2.75, 3.05) is 26.2 Å². The third kappa shape index (κ3) is 5.83. The van der Waals surface area contributed by atoms with Crippen molar-refractivity contribution in [1.82, 2.24) is 10.2 Å². The fourth-order valence-corrected chi connectivity index (χ4v) is 2.37. The number of unbranched alkanes of at least 4 members (excludes halogenated alkanes) is 1. The highest BCUT2D eigenvalue weighted by atomic mass is 16.1. The fraction of sp³-hybridized carbons (Fsp3) is 0.929. The molecule has 0 bridgehead atoms. The molecule has 1 fully saturated rings. The number of hydrogen-bond acceptors (Lipinski definition) is 3. The standard InChI is InChI=1S/C14H29N3O/c1-3-4-7-17-8-5-13(6-9-17)16-14(18)10-12(2)11-15/h12-13H,3-11,15H2,1-2H3,(H,16,18). The van der Waals surface area contributed by atoms with Crippen LogP contribution in [0.15, 0.2) is 0 Å². The second kappa shape index (κ2) is 8.48. The molecule has 3 N–H and O–H groups in total. The molecule has 1 rings (SSSR count). The molecule has 18 heavy (non-hydrogen) atoms. The largest absolute Gasteiger partial charge is 0.353 e. The van der Waals surface area contributed by atoms with Gasteiger partial charge in [0.05, 0.1) is 0 Å². The van der Waals surface area contributed by atoms with Gasteiger partial charge in [-0.1, -0.05) is 20.3 Å². The summed E-state index contributed by atoms with van der Waals surface area (Å²) in [6, 6.07) is 0.375. The van der Waals surface area contributed by atoms with Crippen LogP contribution in [0.1, 0.15) is 46.0 Å². The highest BCUT2D eigenvalue weighted by molar-refractivity contribution is 5.76. The number of hydrogen-bond donors (Lipinski definition) is 2. The summed E-state index contributed by atoms with van der Waals surface area (Å²) < 4.78 is 0. The van der Waals surface area contributed by atoms with Gasteiger partial charge in [-0.15, -0.1) is 0 Å². The van der Waals surface area contributed by atoms with Crippen LogP contribution in [-0.2, 0) is 4.79 Å². The molecule has 1 aliphatic heterocycles. The van der Waals surface area contributed by atoms with Crippen LogP contribution in [0.4, 0.5) is 0 Å². The molecule has 0 radical (unpaired) electrons. The summed E-state index contributed by atoms with van der Waals surface area (Å²) in [7, 11) is 0. The summed E-state index contributed by atoms with van der Waals surface area (Å²) in [4.78, 5) is 14.3. The van der Waals surface area contributed by atoms with E-state index in [0.29, 0.717) is 19.0 Å². The van der Waals surface area contributed by atoms with E-state index in [4.69, 9.17) is 5.73 Å². The van der Waals surface area contributed by atoms with Crippen molar-refractivity contribution in [1.29, 1.82) is 0 Å². The smallest absolute Gasteiger partial charge is 0.220 e. The third-order valence-electron chi connectivity index (χ3n) is 3.72. The maximum Gasteiger partial charge on any atom is 0.220 e. The zero-order valence-corrected chi connectivity index (χ0v) is 12.0. The fourth-order valence-electron chi connectivity index (χ4n) is 2.37. The first kappa shape index (κ1) is 15.4. The Bertz CT molecular complexity index is 237. The predicted molar refractivity (Wildman–Crippen MR) is 75.3 cm³/mol. The van der Waals surface area contributed by atoms with E-state index in [1.54, 1.807) is 0 Å². The third-order valence-corrected chi connectivity index (χ3v) is 3.72. The monoisotopic (exact) mass is 255 g/mol. The summed E-state index contributed by atoms with van der Waals surface area (Å²) in [6.07, 6.45) is 5.28. The van der Waals surface area contributed by atoms with E-state index in [1.807, 2.05) is 6.92 Å². The van der Waals surface area contributed by atoms with Crippen LogP contribution in [-0.4, -0.2) is 43.0 Å². The van der Waals surface area contributed by atoms with Crippen molar-refractivity contribution in [3.63, 3.8) is 0 Å². The van der Waals surface area contributed by atoms with Gasteiger partial charge < -0.3 is 16.0 Å². The average Bonchev–Trinajstić information content (AvgIpc) is 2.37. The second-order valence-corrected chi connectivity index (χ2v) is 5.58. The molecule has 1 unspecified atom stereocenters. The van der Waals surface area contributed by atoms with Gasteiger partial charge in [0, 0.05) is 25.6 Å². The first-order valence-corrected chi connectivity index (χ1v) is 7.37. The van der Waals surface area contributed by atoms with Crippen LogP contribution in [0, 0.1) is 5.92 Å². The Morgan fingerprint density at radius 3 is 2.67 bits per heavy atom. The summed E-state index contributed by atoms with van der Waals surface area (Å²) in [5.74, 6) is 0.453. The molecule has 0 aromatic carbocycles. The van der Waals surface area contributed by atoms with Gasteiger partial charge in [-0.25, -0.2) is 0 Å². The Balaban J connectivity index is 2.16. The lowest BCUT2D eigenvalue weighted by Gasteiger charge is -2.32. The second-order valence-electron chi connectivity index (χ2n) is 5.58. The zero-order chi connectivity index (χ0) is 13.4. The minimum Gasteiger partial charge on any atom is -0.353 e. The van der Waals surface area contributed by atoms with Gasteiger partial charge in [0.2, 0.25) is 5.91 Å². The molecular formula is C14H29N3O. The van der Waals surface area contributed by atoms with Gasteiger partial charge in [0.1, 0.15) is 0 Å². The number of likely N-dealkylation sites (tertiary alicyclic amines) is 1. The van der Waals surface area contributed by atoms with E-state index in [0.717, 1.165) is 25.9 Å². The average molecular weight is 255 g/mol. The Morgan fingerprint density at radius 2 is 2.11 bits per heavy atom. The van der Waals surface area contributed by atoms with E-state index in [-0.39, 0.29) is 11.8 Å². The number of amides is 1. The predicted octanol–water partition coefficient (Wildman–Crippen LogP) is 1.35. The van der Waals surface area contributed by atoms with E-state index in [9.17, 15) is 4.79 Å². The number of nitrogens with two attached hydrogens (primary N) is 1. The molecule has 106 valence electrons. The highest BCUT2D eigenvalue weighted by Crippen LogP contribution is 2.11. The Kier molecular flexibility index (Phi) is 7.28. The van der Waals surface area contributed by atoms with Gasteiger partial charge in [0.15, 0.2) is 0 Å². The van der Waals surface area contributed by atoms with Gasteiger partial charge >= 0.3 is 0 Å². The molecule has 1 amide bonds. The van der Waals surface area contributed by atoms with Crippen molar-refractivity contribution in [2.24, 2.45) is 11.7 Å². The van der Waals surface area contributed by atoms with Crippen molar-refractivity contribution >= 4 is 5.91 Å². The molecule has 0 aromatic rings. The first-order chi connectivity index (χ1) is 8.65. The van der Waals surface area contributed by atoms with Crippen LogP contribution >= 0.6 is 0 Å². The van der Waals surface area contributed by atoms with Crippen LogP contribution in [0.2, 0.25) is 0 Å². The van der Waals surface area contributed by atoms with Crippen LogP contribution < -0.4 is 11.1 Å². The van der Waals surface area contributed by atoms with E-state index < -0.39 is 0 Å². The number of rotatable bonds is 7. The Hall–Kier alpha value is -0.610. The van der Waals surface area contributed by atoms with Gasteiger partial charge in [-0.3, -0.25) is 4.79 Å². The highest BCUT2D eigenvalue weighted by Gasteiger charge is 2.20. The quantitative estimate of drug-likeness (QED) is 0.722. The van der Waals surface area contributed by atoms with Crippen molar-refractivity contribution < 1.29 is 4.79 Å².